The van der Waals surface area contributed by atoms with Crippen molar-refractivity contribution in [3.05, 3.63) is 17.3 Å². The van der Waals surface area contributed by atoms with Crippen LogP contribution in [-0.2, 0) is 27.2 Å². The van der Waals surface area contributed by atoms with E-state index < -0.39 is 0 Å². The Kier molecular flexibility index (Phi) is 5.11. The number of likely N-dealkylation sites (tertiary alicyclic amines) is 1. The monoisotopic (exact) mass is 399 g/mol. The fourth-order valence-corrected chi connectivity index (χ4v) is 5.00. The number of rotatable bonds is 5. The molecule has 0 aromatic carbocycles. The second-order valence-corrected chi connectivity index (χ2v) is 8.83. The number of aryl methyl sites for hydroxylation is 2. The van der Waals surface area contributed by atoms with Gasteiger partial charge in [-0.1, -0.05) is 0 Å². The first-order valence-corrected chi connectivity index (χ1v) is 10.9. The molecular formula is C21H29N5O3. The fourth-order valence-electron chi connectivity index (χ4n) is 5.00. The Morgan fingerprint density at radius 2 is 2.00 bits per heavy atom. The predicted octanol–water partition coefficient (Wildman–Crippen LogP) is 0.545. The summed E-state index contributed by atoms with van der Waals surface area (Å²) >= 11 is 0. The van der Waals surface area contributed by atoms with Gasteiger partial charge < -0.3 is 19.9 Å². The highest BCUT2D eigenvalue weighted by molar-refractivity contribution is 5.89. The summed E-state index contributed by atoms with van der Waals surface area (Å²) in [4.78, 5) is 29.1. The van der Waals surface area contributed by atoms with E-state index in [-0.39, 0.29) is 23.8 Å². The topological polar surface area (TPSA) is 87.7 Å². The van der Waals surface area contributed by atoms with Crippen molar-refractivity contribution in [1.82, 2.24) is 20.4 Å². The third-order valence-electron chi connectivity index (χ3n) is 6.81. The summed E-state index contributed by atoms with van der Waals surface area (Å²) in [5, 5.41) is 11.8. The maximum atomic E-state index is 12.6. The van der Waals surface area contributed by atoms with Gasteiger partial charge >= 0.3 is 0 Å². The summed E-state index contributed by atoms with van der Waals surface area (Å²) in [7, 11) is 0. The summed E-state index contributed by atoms with van der Waals surface area (Å²) < 4.78 is 5.39. The van der Waals surface area contributed by atoms with Gasteiger partial charge in [0.15, 0.2) is 5.82 Å². The van der Waals surface area contributed by atoms with Gasteiger partial charge in [0.25, 0.3) is 0 Å². The van der Waals surface area contributed by atoms with Crippen molar-refractivity contribution >= 4 is 17.6 Å². The summed E-state index contributed by atoms with van der Waals surface area (Å²) in [6.45, 7) is 4.42. The van der Waals surface area contributed by atoms with Crippen LogP contribution < -0.4 is 10.2 Å². The molecule has 1 atom stereocenters. The second-order valence-electron chi connectivity index (χ2n) is 8.83. The lowest BCUT2D eigenvalue weighted by Gasteiger charge is -2.40. The van der Waals surface area contributed by atoms with Gasteiger partial charge in [-0.25, -0.2) is 0 Å². The van der Waals surface area contributed by atoms with E-state index >= 15 is 0 Å². The number of anilines is 1. The molecule has 2 amide bonds. The number of nitrogens with one attached hydrogen (secondary N) is 1. The van der Waals surface area contributed by atoms with Crippen LogP contribution in [0.1, 0.15) is 36.9 Å². The van der Waals surface area contributed by atoms with Crippen LogP contribution in [0.2, 0.25) is 0 Å². The number of carbonyl (C=O) groups excluding carboxylic acids is 2. The van der Waals surface area contributed by atoms with Crippen LogP contribution in [0.5, 0.6) is 0 Å². The minimum Gasteiger partial charge on any atom is -0.381 e. The number of hydrogen-bond donors (Lipinski definition) is 1. The van der Waals surface area contributed by atoms with Crippen LogP contribution >= 0.6 is 0 Å². The zero-order valence-electron chi connectivity index (χ0n) is 16.8. The average Bonchev–Trinajstić information content (AvgIpc) is 3.33. The molecule has 1 unspecified atom stereocenters. The number of ether oxygens (including phenoxy) is 1. The highest BCUT2D eigenvalue weighted by Crippen LogP contribution is 2.28. The number of carbonyl (C=O) groups is 2. The van der Waals surface area contributed by atoms with Gasteiger partial charge in [0.05, 0.1) is 11.6 Å². The molecule has 0 bridgehead atoms. The number of nitrogens with zero attached hydrogens (tertiary/aromatic N) is 4. The molecule has 8 heteroatoms. The Balaban J connectivity index is 1.07. The molecule has 3 fully saturated rings. The first-order valence-electron chi connectivity index (χ1n) is 10.9. The van der Waals surface area contributed by atoms with E-state index in [0.29, 0.717) is 38.6 Å². The van der Waals surface area contributed by atoms with Crippen LogP contribution in [0, 0.1) is 11.8 Å². The molecule has 1 aliphatic carbocycles. The summed E-state index contributed by atoms with van der Waals surface area (Å²) in [6, 6.07) is 2.42. The third-order valence-corrected chi connectivity index (χ3v) is 6.81. The standard InChI is InChI=1S/C21H29N5O3/c27-20-9-16(13-26(20)17-4-6-29-7-5-17)21(28)22-10-14-11-25(12-14)19-8-15-2-1-3-18(15)23-24-19/h8,14,16-17H,1-7,9-13H2,(H,22,28). The Bertz CT molecular complexity index is 789. The number of aromatic nitrogens is 2. The molecule has 0 radical (unpaired) electrons. The van der Waals surface area contributed by atoms with Crippen LogP contribution in [-0.4, -0.2) is 72.3 Å². The fraction of sp³-hybridized carbons (Fsp3) is 0.714. The van der Waals surface area contributed by atoms with Gasteiger partial charge in [-0.2, -0.15) is 5.10 Å². The predicted molar refractivity (Wildman–Crippen MR) is 106 cm³/mol. The summed E-state index contributed by atoms with van der Waals surface area (Å²) in [5.41, 5.74) is 2.49. The molecule has 29 heavy (non-hydrogen) atoms. The van der Waals surface area contributed by atoms with Crippen LogP contribution in [0.4, 0.5) is 5.82 Å². The van der Waals surface area contributed by atoms with E-state index in [1.165, 1.54) is 12.0 Å². The quantitative estimate of drug-likeness (QED) is 0.778. The molecule has 3 aliphatic heterocycles. The SMILES string of the molecule is O=C(NCC1CN(c2cc3c(nn2)CCC3)C1)C1CC(=O)N(C2CCOCC2)C1. The van der Waals surface area contributed by atoms with Crippen molar-refractivity contribution in [3.8, 4) is 0 Å². The molecule has 0 saturated carbocycles. The minimum atomic E-state index is -0.218. The van der Waals surface area contributed by atoms with Crippen LogP contribution in [0.3, 0.4) is 0 Å². The first kappa shape index (κ1) is 18.8. The summed E-state index contributed by atoms with van der Waals surface area (Å²) in [6.07, 6.45) is 5.43. The van der Waals surface area contributed by atoms with Crippen molar-refractivity contribution in [2.24, 2.45) is 11.8 Å². The normalized spacial score (nSPS) is 25.2. The highest BCUT2D eigenvalue weighted by Gasteiger charge is 2.39. The van der Waals surface area contributed by atoms with E-state index in [4.69, 9.17) is 4.74 Å². The molecule has 8 nitrogen and oxygen atoms in total. The van der Waals surface area contributed by atoms with Gasteiger partial charge in [-0.15, -0.1) is 5.10 Å². The van der Waals surface area contributed by atoms with Gasteiger partial charge in [-0.3, -0.25) is 9.59 Å². The van der Waals surface area contributed by atoms with Crippen molar-refractivity contribution in [1.29, 1.82) is 0 Å². The Hall–Kier alpha value is -2.22. The number of fused-ring (bicyclic) bond motifs is 1. The Labute approximate surface area is 171 Å². The maximum Gasteiger partial charge on any atom is 0.225 e. The van der Waals surface area contributed by atoms with E-state index in [1.807, 2.05) is 4.90 Å². The van der Waals surface area contributed by atoms with Gasteiger partial charge in [-0.05, 0) is 43.7 Å². The molecule has 0 spiro atoms. The maximum absolute atomic E-state index is 12.6. The Morgan fingerprint density at radius 3 is 2.83 bits per heavy atom. The lowest BCUT2D eigenvalue weighted by Crippen LogP contribution is -2.52. The van der Waals surface area contributed by atoms with Crippen molar-refractivity contribution in [3.63, 3.8) is 0 Å². The molecule has 1 aromatic heterocycles. The van der Waals surface area contributed by atoms with Crippen molar-refractivity contribution in [2.45, 2.75) is 44.6 Å². The first-order chi connectivity index (χ1) is 14.2. The largest absolute Gasteiger partial charge is 0.381 e. The minimum absolute atomic E-state index is 0.0173. The van der Waals surface area contributed by atoms with Crippen LogP contribution in [0.15, 0.2) is 6.07 Å². The smallest absolute Gasteiger partial charge is 0.225 e. The van der Waals surface area contributed by atoms with Gasteiger partial charge in [0.2, 0.25) is 11.8 Å². The highest BCUT2D eigenvalue weighted by atomic mass is 16.5. The second kappa shape index (κ2) is 7.89. The molecule has 1 aromatic rings. The number of hydrogen-bond acceptors (Lipinski definition) is 6. The lowest BCUT2D eigenvalue weighted by atomic mass is 9.99. The van der Waals surface area contributed by atoms with Crippen molar-refractivity contribution in [2.75, 3.05) is 44.3 Å². The van der Waals surface area contributed by atoms with Gasteiger partial charge in [0, 0.05) is 57.8 Å². The summed E-state index contributed by atoms with van der Waals surface area (Å²) in [5.74, 6) is 1.30. The lowest BCUT2D eigenvalue weighted by molar-refractivity contribution is -0.131. The number of amides is 2. The average molecular weight is 399 g/mol. The molecule has 5 rings (SSSR count). The molecule has 3 saturated heterocycles. The molecule has 156 valence electrons. The molecular weight excluding hydrogens is 370 g/mol. The molecule has 4 aliphatic rings. The zero-order valence-corrected chi connectivity index (χ0v) is 16.8. The zero-order chi connectivity index (χ0) is 19.8. The Morgan fingerprint density at radius 1 is 1.17 bits per heavy atom. The van der Waals surface area contributed by atoms with E-state index in [1.54, 1.807) is 0 Å². The third kappa shape index (κ3) is 3.82. The van der Waals surface area contributed by atoms with E-state index in [0.717, 1.165) is 50.3 Å². The molecule has 1 N–H and O–H groups in total. The van der Waals surface area contributed by atoms with Crippen molar-refractivity contribution < 1.29 is 14.3 Å². The van der Waals surface area contributed by atoms with Crippen LogP contribution in [0.25, 0.3) is 0 Å². The molecule has 4 heterocycles. The van der Waals surface area contributed by atoms with Gasteiger partial charge in [0.1, 0.15) is 0 Å². The van der Waals surface area contributed by atoms with E-state index in [9.17, 15) is 9.59 Å². The van der Waals surface area contributed by atoms with E-state index in [2.05, 4.69) is 26.5 Å².